The van der Waals surface area contributed by atoms with E-state index in [4.69, 9.17) is 10.8 Å². The number of anilines is 2. The molecule has 0 aliphatic carbocycles. The monoisotopic (exact) mass is 543 g/mol. The Morgan fingerprint density at radius 3 is 2.67 bits per heavy atom. The van der Waals surface area contributed by atoms with Crippen LogP contribution in [0.15, 0.2) is 48.8 Å². The number of hydrogen-bond donors (Lipinski definition) is 2. The van der Waals surface area contributed by atoms with Crippen molar-refractivity contribution in [3.8, 4) is 11.8 Å². The third-order valence-electron chi connectivity index (χ3n) is 7.27. The van der Waals surface area contributed by atoms with Crippen molar-refractivity contribution in [2.24, 2.45) is 5.92 Å². The number of aryl methyl sites for hydroxylation is 1. The van der Waals surface area contributed by atoms with Crippen LogP contribution in [0.3, 0.4) is 0 Å². The molecule has 0 radical (unpaired) electrons. The van der Waals surface area contributed by atoms with Crippen molar-refractivity contribution >= 4 is 28.4 Å². The molecule has 0 atom stereocenters. The molecule has 8 nitrogen and oxygen atoms in total. The first kappa shape index (κ1) is 27.2. The zero-order valence-corrected chi connectivity index (χ0v) is 22.7. The minimum atomic E-state index is -3.01. The minimum absolute atomic E-state index is 0.175. The third kappa shape index (κ3) is 5.95. The number of nitrogens with one attached hydrogen (secondary N) is 1. The van der Waals surface area contributed by atoms with Gasteiger partial charge in [0.2, 0.25) is 0 Å². The largest absolute Gasteiger partial charge is 0.383 e. The Hall–Kier alpha value is -4.36. The summed E-state index contributed by atoms with van der Waals surface area (Å²) in [5.74, 6) is 3.63. The third-order valence-corrected chi connectivity index (χ3v) is 7.27. The summed E-state index contributed by atoms with van der Waals surface area (Å²) < 4.78 is 29.3. The van der Waals surface area contributed by atoms with E-state index in [1.165, 1.54) is 24.5 Å². The van der Waals surface area contributed by atoms with E-state index < -0.39 is 11.8 Å². The van der Waals surface area contributed by atoms with Crippen LogP contribution in [0, 0.1) is 24.7 Å². The lowest BCUT2D eigenvalue weighted by molar-refractivity contribution is 0.0175. The van der Waals surface area contributed by atoms with Crippen LogP contribution >= 0.6 is 0 Å². The number of likely N-dealkylation sites (tertiary alicyclic amines) is 1. The average molecular weight is 544 g/mol. The number of hydrogen-bond acceptors (Lipinski definition) is 6. The molecule has 4 aromatic rings. The topological polar surface area (TPSA) is 102 Å². The Morgan fingerprint density at radius 1 is 1.15 bits per heavy atom. The predicted molar refractivity (Wildman–Crippen MR) is 151 cm³/mol. The number of benzene rings is 2. The summed E-state index contributed by atoms with van der Waals surface area (Å²) in [7, 11) is 2.13. The molecule has 0 bridgehead atoms. The molecule has 1 amide bonds. The summed E-state index contributed by atoms with van der Waals surface area (Å²) in [4.78, 5) is 23.9. The van der Waals surface area contributed by atoms with Crippen LogP contribution in [0.25, 0.3) is 11.0 Å². The van der Waals surface area contributed by atoms with E-state index in [1.807, 2.05) is 11.6 Å². The number of amides is 1. The van der Waals surface area contributed by atoms with E-state index in [0.29, 0.717) is 39.6 Å². The van der Waals surface area contributed by atoms with Gasteiger partial charge in [0, 0.05) is 35.8 Å². The number of fused-ring (bicyclic) bond motifs is 1. The second-order valence-corrected chi connectivity index (χ2v) is 10.4. The Balaban J connectivity index is 1.41. The highest BCUT2D eigenvalue weighted by atomic mass is 19.3. The Bertz CT molecular complexity index is 1620. The number of carbonyl (C=O) groups excluding carboxylic acids is 1. The van der Waals surface area contributed by atoms with Gasteiger partial charge in [0.25, 0.3) is 11.8 Å². The van der Waals surface area contributed by atoms with Crippen LogP contribution < -0.4 is 11.1 Å². The van der Waals surface area contributed by atoms with Crippen molar-refractivity contribution in [1.82, 2.24) is 24.6 Å². The molecule has 1 saturated heterocycles. The van der Waals surface area contributed by atoms with Crippen LogP contribution in [-0.4, -0.2) is 50.7 Å². The van der Waals surface area contributed by atoms with Crippen molar-refractivity contribution in [2.45, 2.75) is 39.2 Å². The number of alkyl halides is 2. The molecule has 1 fully saturated rings. The molecular formula is C30H31F2N7O. The second kappa shape index (κ2) is 11.0. The first-order valence-corrected chi connectivity index (χ1v) is 13.2. The van der Waals surface area contributed by atoms with Gasteiger partial charge in [-0.25, -0.2) is 23.4 Å². The highest BCUT2D eigenvalue weighted by molar-refractivity contribution is 6.04. The van der Waals surface area contributed by atoms with E-state index in [0.717, 1.165) is 45.0 Å². The predicted octanol–water partition coefficient (Wildman–Crippen LogP) is 4.82. The number of rotatable bonds is 5. The molecule has 1 aliphatic heterocycles. The number of piperidine rings is 1. The van der Waals surface area contributed by atoms with E-state index in [1.54, 1.807) is 24.3 Å². The van der Waals surface area contributed by atoms with Gasteiger partial charge < -0.3 is 16.0 Å². The summed E-state index contributed by atoms with van der Waals surface area (Å²) in [6, 6.07) is 10.8. The van der Waals surface area contributed by atoms with E-state index in [-0.39, 0.29) is 11.3 Å². The van der Waals surface area contributed by atoms with Crippen LogP contribution in [-0.2, 0) is 12.5 Å². The number of halogens is 2. The zero-order chi connectivity index (χ0) is 28.4. The molecule has 0 spiro atoms. The van der Waals surface area contributed by atoms with Crippen LogP contribution in [0.5, 0.6) is 0 Å². The standard InChI is InChI=1S/C30H31F2N7O/c1-19-7-8-22(29(40)36-24-6-4-5-23(16-24)30(2,31)32)15-21(19)9-10-25-26-27(33)34-18-35-28(26)39(37-25)17-20-11-13-38(3)14-12-20/h4-8,15-16,18,20H,11-14,17H2,1-3H3,(H,36,40)(H2,33,34,35). The van der Waals surface area contributed by atoms with Crippen molar-refractivity contribution in [1.29, 1.82) is 0 Å². The van der Waals surface area contributed by atoms with Gasteiger partial charge in [-0.05, 0) is 81.6 Å². The fourth-order valence-corrected chi connectivity index (χ4v) is 4.83. The van der Waals surface area contributed by atoms with E-state index >= 15 is 0 Å². The molecule has 2 aromatic heterocycles. The molecule has 2 aromatic carbocycles. The van der Waals surface area contributed by atoms with Gasteiger partial charge in [0.1, 0.15) is 17.8 Å². The smallest absolute Gasteiger partial charge is 0.270 e. The number of nitrogens with zero attached hydrogens (tertiary/aromatic N) is 5. The van der Waals surface area contributed by atoms with Crippen LogP contribution in [0.1, 0.15) is 52.5 Å². The fourth-order valence-electron chi connectivity index (χ4n) is 4.83. The van der Waals surface area contributed by atoms with Gasteiger partial charge in [-0.1, -0.05) is 24.1 Å². The molecule has 0 unspecified atom stereocenters. The molecule has 3 heterocycles. The van der Waals surface area contributed by atoms with Crippen molar-refractivity contribution in [3.05, 3.63) is 76.7 Å². The molecule has 1 aliphatic rings. The summed E-state index contributed by atoms with van der Waals surface area (Å²) >= 11 is 0. The normalized spacial score (nSPS) is 14.6. The lowest BCUT2D eigenvalue weighted by Crippen LogP contribution is -2.32. The average Bonchev–Trinajstić information content (AvgIpc) is 3.27. The molecule has 0 saturated carbocycles. The van der Waals surface area contributed by atoms with Gasteiger partial charge >= 0.3 is 0 Å². The first-order chi connectivity index (χ1) is 19.1. The number of nitrogens with two attached hydrogens (primary N) is 1. The van der Waals surface area contributed by atoms with Gasteiger partial charge in [-0.3, -0.25) is 4.79 Å². The van der Waals surface area contributed by atoms with E-state index in [9.17, 15) is 13.6 Å². The van der Waals surface area contributed by atoms with Crippen molar-refractivity contribution < 1.29 is 13.6 Å². The Morgan fingerprint density at radius 2 is 1.93 bits per heavy atom. The number of carbonyl (C=O) groups is 1. The summed E-state index contributed by atoms with van der Waals surface area (Å²) in [5, 5.41) is 8.06. The van der Waals surface area contributed by atoms with Gasteiger partial charge in [0.15, 0.2) is 5.65 Å². The lowest BCUT2D eigenvalue weighted by Gasteiger charge is -2.28. The second-order valence-electron chi connectivity index (χ2n) is 10.4. The molecule has 3 N–H and O–H groups in total. The molecule has 40 heavy (non-hydrogen) atoms. The van der Waals surface area contributed by atoms with Crippen molar-refractivity contribution in [2.75, 3.05) is 31.2 Å². The van der Waals surface area contributed by atoms with Gasteiger partial charge in [0.05, 0.1) is 5.39 Å². The Kier molecular flexibility index (Phi) is 7.50. The Labute approximate surface area is 231 Å². The zero-order valence-electron chi connectivity index (χ0n) is 22.7. The maximum Gasteiger partial charge on any atom is 0.270 e. The number of aromatic nitrogens is 4. The van der Waals surface area contributed by atoms with Gasteiger partial charge in [-0.15, -0.1) is 0 Å². The van der Waals surface area contributed by atoms with E-state index in [2.05, 4.69) is 39.1 Å². The molecule has 5 rings (SSSR count). The maximum atomic E-state index is 13.7. The number of nitrogen functional groups attached to an aromatic ring is 1. The first-order valence-electron chi connectivity index (χ1n) is 13.2. The lowest BCUT2D eigenvalue weighted by atomic mass is 9.97. The highest BCUT2D eigenvalue weighted by Gasteiger charge is 2.24. The summed E-state index contributed by atoms with van der Waals surface area (Å²) in [5.41, 5.74) is 9.32. The molecule has 10 heteroatoms. The van der Waals surface area contributed by atoms with Crippen LogP contribution in [0.2, 0.25) is 0 Å². The van der Waals surface area contributed by atoms with Crippen LogP contribution in [0.4, 0.5) is 20.3 Å². The minimum Gasteiger partial charge on any atom is -0.383 e. The van der Waals surface area contributed by atoms with Gasteiger partial charge in [-0.2, -0.15) is 5.10 Å². The summed E-state index contributed by atoms with van der Waals surface area (Å²) in [6.07, 6.45) is 3.60. The fraction of sp³-hybridized carbons (Fsp3) is 0.333. The molecular weight excluding hydrogens is 512 g/mol. The SMILES string of the molecule is Cc1ccc(C(=O)Nc2cccc(C(C)(F)F)c2)cc1C#Cc1nn(CC2CCN(C)CC2)c2ncnc(N)c12. The maximum absolute atomic E-state index is 13.7. The highest BCUT2D eigenvalue weighted by Crippen LogP contribution is 2.29. The molecule has 206 valence electrons. The quantitative estimate of drug-likeness (QED) is 0.350. The van der Waals surface area contributed by atoms with Crippen molar-refractivity contribution in [3.63, 3.8) is 0 Å². The summed E-state index contributed by atoms with van der Waals surface area (Å²) in [6.45, 7) is 5.54.